The Bertz CT molecular complexity index is 779. The molecule has 0 spiro atoms. The molecule has 2 N–H and O–H groups in total. The van der Waals surface area contributed by atoms with Crippen LogP contribution in [0.2, 0.25) is 0 Å². The van der Waals surface area contributed by atoms with Crippen molar-refractivity contribution in [3.63, 3.8) is 0 Å². The van der Waals surface area contributed by atoms with Crippen LogP contribution < -0.4 is 4.87 Å². The number of phenolic OH excluding ortho intramolecular Hbond substituents is 1. The van der Waals surface area contributed by atoms with E-state index < -0.39 is 0 Å². The van der Waals surface area contributed by atoms with Gasteiger partial charge in [0.15, 0.2) is 0 Å². The van der Waals surface area contributed by atoms with Gasteiger partial charge in [-0.1, -0.05) is 23.5 Å². The molecular formula is C17H17NO2S2. The van der Waals surface area contributed by atoms with E-state index in [4.69, 9.17) is 0 Å². The molecule has 114 valence electrons. The molecule has 2 heterocycles. The summed E-state index contributed by atoms with van der Waals surface area (Å²) in [6, 6.07) is 7.61. The molecule has 0 amide bonds. The Morgan fingerprint density at radius 2 is 1.91 bits per heavy atom. The van der Waals surface area contributed by atoms with Crippen molar-refractivity contribution in [2.45, 2.75) is 35.5 Å². The number of nitrogens with one attached hydrogen (secondary N) is 1. The van der Waals surface area contributed by atoms with Gasteiger partial charge in [-0.15, -0.1) is 11.8 Å². The summed E-state index contributed by atoms with van der Waals surface area (Å²) < 4.78 is 0. The van der Waals surface area contributed by atoms with E-state index in [1.165, 1.54) is 41.0 Å². The number of aromatic hydroxyl groups is 1. The van der Waals surface area contributed by atoms with E-state index in [-0.39, 0.29) is 4.87 Å². The van der Waals surface area contributed by atoms with Gasteiger partial charge in [0, 0.05) is 16.0 Å². The summed E-state index contributed by atoms with van der Waals surface area (Å²) in [6.07, 6.45) is 4.05. The molecule has 3 nitrogen and oxygen atoms in total. The van der Waals surface area contributed by atoms with E-state index in [2.05, 4.69) is 4.98 Å². The predicted molar refractivity (Wildman–Crippen MR) is 88.9 cm³/mol. The average Bonchev–Trinajstić information content (AvgIpc) is 3.19. The van der Waals surface area contributed by atoms with Crippen LogP contribution in [-0.2, 0) is 0 Å². The zero-order valence-corrected chi connectivity index (χ0v) is 13.6. The molecule has 5 heteroatoms. The molecule has 2 saturated carbocycles. The molecule has 2 fully saturated rings. The lowest BCUT2D eigenvalue weighted by molar-refractivity contribution is 0.307. The normalized spacial score (nSPS) is 35.4. The van der Waals surface area contributed by atoms with E-state index in [0.29, 0.717) is 22.8 Å². The van der Waals surface area contributed by atoms with Crippen LogP contribution in [0.1, 0.15) is 35.6 Å². The van der Waals surface area contributed by atoms with E-state index in [1.807, 2.05) is 23.9 Å². The van der Waals surface area contributed by atoms with E-state index >= 15 is 0 Å². The number of aromatic nitrogens is 1. The Labute approximate surface area is 136 Å². The van der Waals surface area contributed by atoms with E-state index in [1.54, 1.807) is 12.1 Å². The number of hydrogen-bond donors (Lipinski definition) is 2. The van der Waals surface area contributed by atoms with Gasteiger partial charge in [0.1, 0.15) is 5.75 Å². The average molecular weight is 331 g/mol. The van der Waals surface area contributed by atoms with Crippen molar-refractivity contribution in [3.8, 4) is 5.75 Å². The minimum absolute atomic E-state index is 0.0635. The highest BCUT2D eigenvalue weighted by molar-refractivity contribution is 8.00. The van der Waals surface area contributed by atoms with Crippen LogP contribution in [-0.4, -0.2) is 15.3 Å². The van der Waals surface area contributed by atoms with Gasteiger partial charge in [0.05, 0.1) is 5.03 Å². The SMILES string of the molecule is O=c1[nH]c2c(s1)[C@H](c1ccc(O)cc1)[C@@H]1[C@H]3CC[C@@H](C3)[C@@H]1S2. The van der Waals surface area contributed by atoms with Crippen molar-refractivity contribution < 1.29 is 5.11 Å². The molecule has 3 aliphatic rings. The fraction of sp³-hybridized carbons (Fsp3) is 0.471. The maximum absolute atomic E-state index is 11.9. The highest BCUT2D eigenvalue weighted by Crippen LogP contribution is 2.63. The molecule has 2 aromatic rings. The summed E-state index contributed by atoms with van der Waals surface area (Å²) in [4.78, 5) is 16.2. The highest BCUT2D eigenvalue weighted by atomic mass is 32.2. The minimum Gasteiger partial charge on any atom is -0.508 e. The van der Waals surface area contributed by atoms with Gasteiger partial charge in [-0.3, -0.25) is 4.79 Å². The van der Waals surface area contributed by atoms with Gasteiger partial charge in [0.2, 0.25) is 0 Å². The number of rotatable bonds is 1. The van der Waals surface area contributed by atoms with Gasteiger partial charge in [0.25, 0.3) is 0 Å². The lowest BCUT2D eigenvalue weighted by atomic mass is 9.75. The van der Waals surface area contributed by atoms with Crippen molar-refractivity contribution in [3.05, 3.63) is 44.4 Å². The molecule has 0 radical (unpaired) electrons. The third-order valence-electron chi connectivity index (χ3n) is 5.72. The lowest BCUT2D eigenvalue weighted by Gasteiger charge is -2.40. The molecule has 2 bridgehead atoms. The van der Waals surface area contributed by atoms with Crippen molar-refractivity contribution in [2.24, 2.45) is 17.8 Å². The Hall–Kier alpha value is -1.20. The van der Waals surface area contributed by atoms with E-state index in [9.17, 15) is 9.90 Å². The molecule has 2 aliphatic carbocycles. The predicted octanol–water partition coefficient (Wildman–Crippen LogP) is 3.79. The fourth-order valence-electron chi connectivity index (χ4n) is 4.90. The van der Waals surface area contributed by atoms with Crippen molar-refractivity contribution in [1.82, 2.24) is 4.98 Å². The smallest absolute Gasteiger partial charge is 0.305 e. The number of thioether (sulfide) groups is 1. The number of fused-ring (bicyclic) bond motifs is 6. The van der Waals surface area contributed by atoms with Crippen molar-refractivity contribution in [1.29, 1.82) is 0 Å². The second-order valence-electron chi connectivity index (χ2n) is 6.77. The minimum atomic E-state index is 0.0635. The summed E-state index contributed by atoms with van der Waals surface area (Å²) in [7, 11) is 0. The van der Waals surface area contributed by atoms with Gasteiger partial charge in [-0.05, 0) is 54.7 Å². The number of hydrogen-bond acceptors (Lipinski definition) is 4. The number of phenols is 1. The van der Waals surface area contributed by atoms with Crippen LogP contribution >= 0.6 is 23.1 Å². The molecule has 1 aromatic heterocycles. The van der Waals surface area contributed by atoms with Crippen molar-refractivity contribution >= 4 is 23.1 Å². The van der Waals surface area contributed by atoms with E-state index in [0.717, 1.165) is 16.9 Å². The maximum atomic E-state index is 11.9. The van der Waals surface area contributed by atoms with Crippen LogP contribution in [0.4, 0.5) is 0 Å². The van der Waals surface area contributed by atoms with Crippen molar-refractivity contribution in [2.75, 3.05) is 0 Å². The van der Waals surface area contributed by atoms with Gasteiger partial charge in [-0.2, -0.15) is 0 Å². The first-order valence-electron chi connectivity index (χ1n) is 7.89. The van der Waals surface area contributed by atoms with Crippen LogP contribution in [0.25, 0.3) is 0 Å². The third-order valence-corrected chi connectivity index (χ3v) is 8.34. The molecule has 22 heavy (non-hydrogen) atoms. The lowest BCUT2D eigenvalue weighted by Crippen LogP contribution is -2.33. The van der Waals surface area contributed by atoms with Gasteiger partial charge >= 0.3 is 4.87 Å². The quantitative estimate of drug-likeness (QED) is 0.836. The van der Waals surface area contributed by atoms with Gasteiger partial charge < -0.3 is 10.1 Å². The number of thiazole rings is 1. The molecule has 1 aromatic carbocycles. The maximum Gasteiger partial charge on any atom is 0.305 e. The second-order valence-corrected chi connectivity index (χ2v) is 8.97. The first kappa shape index (κ1) is 13.3. The summed E-state index contributed by atoms with van der Waals surface area (Å²) in [5.74, 6) is 2.89. The monoisotopic (exact) mass is 331 g/mol. The van der Waals surface area contributed by atoms with Crippen LogP contribution in [0, 0.1) is 17.8 Å². The second kappa shape index (κ2) is 4.65. The molecular weight excluding hydrogens is 314 g/mol. The first-order valence-corrected chi connectivity index (χ1v) is 9.59. The summed E-state index contributed by atoms with van der Waals surface area (Å²) in [6.45, 7) is 0. The molecule has 5 rings (SSSR count). The highest BCUT2D eigenvalue weighted by Gasteiger charge is 2.54. The number of benzene rings is 1. The number of H-pyrrole nitrogens is 1. The largest absolute Gasteiger partial charge is 0.508 e. The number of aromatic amines is 1. The molecule has 1 aliphatic heterocycles. The van der Waals surface area contributed by atoms with Gasteiger partial charge in [-0.25, -0.2) is 0 Å². The topological polar surface area (TPSA) is 53.1 Å². The first-order chi connectivity index (χ1) is 10.7. The Morgan fingerprint density at radius 1 is 1.14 bits per heavy atom. The van der Waals surface area contributed by atoms with Crippen LogP contribution in [0.5, 0.6) is 5.75 Å². The summed E-state index contributed by atoms with van der Waals surface area (Å²) >= 11 is 3.30. The van der Waals surface area contributed by atoms with Crippen LogP contribution in [0.3, 0.4) is 0 Å². The Balaban J connectivity index is 1.68. The Kier molecular flexibility index (Phi) is 2.80. The Morgan fingerprint density at radius 3 is 2.73 bits per heavy atom. The fourth-order valence-corrected chi connectivity index (χ4v) is 7.80. The molecule has 0 unspecified atom stereocenters. The zero-order chi connectivity index (χ0) is 14.8. The molecule has 5 atom stereocenters. The third kappa shape index (κ3) is 1.78. The summed E-state index contributed by atoms with van der Waals surface area (Å²) in [5.41, 5.74) is 1.25. The van der Waals surface area contributed by atoms with Crippen LogP contribution in [0.15, 0.2) is 34.1 Å². The standard InChI is InChI=1S/C17H17NO2S2/c19-11-5-3-8(4-6-11)12-13-9-1-2-10(7-9)14(13)21-16-15(12)22-17(20)18-16/h3-6,9-10,12-14,19H,1-2,7H2,(H,18,20)/t9-,10-,12+,13-,14-/m0/s1. The summed E-state index contributed by atoms with van der Waals surface area (Å²) in [5, 5.41) is 11.3. The molecule has 0 saturated heterocycles. The zero-order valence-electron chi connectivity index (χ0n) is 12.0.